The first-order chi connectivity index (χ1) is 14.2. The molecule has 1 heterocycles. The number of halogens is 13. The van der Waals surface area contributed by atoms with Gasteiger partial charge in [-0.1, -0.05) is 13.8 Å². The molecule has 0 aromatic rings. The number of alkyl halides is 13. The molecule has 0 aromatic heterocycles. The minimum absolute atomic E-state index is 0.121. The van der Waals surface area contributed by atoms with E-state index in [1.165, 1.54) is 0 Å². The number of rotatable bonds is 4. The highest BCUT2D eigenvalue weighted by Gasteiger charge is 2.95. The molecule has 1 rings (SSSR count). The molecular formula is C16H17F13O4. The first kappa shape index (κ1) is 29.5. The molecule has 33 heavy (non-hydrogen) atoms. The van der Waals surface area contributed by atoms with Crippen LogP contribution >= 0.6 is 0 Å². The summed E-state index contributed by atoms with van der Waals surface area (Å²) < 4.78 is 187. The lowest BCUT2D eigenvalue weighted by atomic mass is 9.71. The van der Waals surface area contributed by atoms with Crippen LogP contribution in [0.2, 0.25) is 0 Å². The summed E-state index contributed by atoms with van der Waals surface area (Å²) in [6.45, 7) is -0.270. The van der Waals surface area contributed by atoms with Crippen molar-refractivity contribution in [3.8, 4) is 0 Å². The molecule has 4 atom stereocenters. The van der Waals surface area contributed by atoms with Crippen LogP contribution in [-0.4, -0.2) is 58.4 Å². The predicted octanol–water partition coefficient (Wildman–Crippen LogP) is 5.53. The first-order valence-corrected chi connectivity index (χ1v) is 8.82. The summed E-state index contributed by atoms with van der Waals surface area (Å²) in [7, 11) is 0. The molecule has 196 valence electrons. The van der Waals surface area contributed by atoms with Crippen LogP contribution in [0.5, 0.6) is 0 Å². The van der Waals surface area contributed by atoms with Gasteiger partial charge >= 0.3 is 42.1 Å². The van der Waals surface area contributed by atoms with E-state index in [-0.39, 0.29) is 13.8 Å². The molecule has 1 aliphatic heterocycles. The highest BCUT2D eigenvalue weighted by molar-refractivity contribution is 5.78. The summed E-state index contributed by atoms with van der Waals surface area (Å²) in [5, 5.41) is 9.70. The third-order valence-electron chi connectivity index (χ3n) is 5.81. The average molecular weight is 520 g/mol. The topological polar surface area (TPSA) is 55.8 Å². The molecule has 17 heteroatoms. The summed E-state index contributed by atoms with van der Waals surface area (Å²) in [6.07, 6.45) is -23.2. The molecule has 4 unspecified atom stereocenters. The Hall–Kier alpha value is -1.52. The SMILES string of the molecule is CCC(C)(C(=O)OC1(C(F)(F)F)OC(CC)(C(F)(F)F)C(F)(F)C(C)(O)C1(F)F)C(F)(F)F. The Morgan fingerprint density at radius 1 is 0.879 bits per heavy atom. The molecule has 0 spiro atoms. The molecule has 0 saturated carbocycles. The third kappa shape index (κ3) is 3.46. The summed E-state index contributed by atoms with van der Waals surface area (Å²) >= 11 is 0. The lowest BCUT2D eigenvalue weighted by Gasteiger charge is -2.59. The maximum absolute atomic E-state index is 14.8. The van der Waals surface area contributed by atoms with Gasteiger partial charge in [0.1, 0.15) is 0 Å². The fourth-order valence-electron chi connectivity index (χ4n) is 3.10. The second kappa shape index (κ2) is 7.49. The zero-order chi connectivity index (χ0) is 26.9. The van der Waals surface area contributed by atoms with E-state index in [4.69, 9.17) is 0 Å². The van der Waals surface area contributed by atoms with Crippen LogP contribution in [0, 0.1) is 5.41 Å². The van der Waals surface area contributed by atoms with Crippen molar-refractivity contribution in [1.82, 2.24) is 0 Å². The van der Waals surface area contributed by atoms with Gasteiger partial charge in [0.25, 0.3) is 0 Å². The minimum Gasteiger partial charge on any atom is -0.417 e. The molecule has 1 aliphatic rings. The summed E-state index contributed by atoms with van der Waals surface area (Å²) in [4.78, 5) is 12.1. The first-order valence-electron chi connectivity index (χ1n) is 8.82. The van der Waals surface area contributed by atoms with Gasteiger partial charge < -0.3 is 14.6 Å². The van der Waals surface area contributed by atoms with Crippen molar-refractivity contribution in [3.63, 3.8) is 0 Å². The highest BCUT2D eigenvalue weighted by atomic mass is 19.4. The fourth-order valence-corrected chi connectivity index (χ4v) is 3.10. The van der Waals surface area contributed by atoms with Crippen molar-refractivity contribution in [2.24, 2.45) is 5.41 Å². The van der Waals surface area contributed by atoms with Gasteiger partial charge in [0.05, 0.1) is 0 Å². The van der Waals surface area contributed by atoms with E-state index in [9.17, 15) is 67.0 Å². The molecule has 0 amide bonds. The molecule has 0 aliphatic carbocycles. The van der Waals surface area contributed by atoms with Crippen molar-refractivity contribution in [1.29, 1.82) is 0 Å². The Morgan fingerprint density at radius 2 is 1.30 bits per heavy atom. The van der Waals surface area contributed by atoms with Gasteiger partial charge in [-0.3, -0.25) is 4.79 Å². The van der Waals surface area contributed by atoms with E-state index >= 15 is 0 Å². The van der Waals surface area contributed by atoms with Crippen LogP contribution in [0.25, 0.3) is 0 Å². The zero-order valence-electron chi connectivity index (χ0n) is 17.0. The zero-order valence-corrected chi connectivity index (χ0v) is 17.0. The molecule has 0 radical (unpaired) electrons. The molecule has 0 aromatic carbocycles. The van der Waals surface area contributed by atoms with Gasteiger partial charge in [0.2, 0.25) is 5.60 Å². The second-order valence-electron chi connectivity index (χ2n) is 7.69. The van der Waals surface area contributed by atoms with Gasteiger partial charge in [-0.2, -0.15) is 57.1 Å². The van der Waals surface area contributed by atoms with E-state index < -0.39 is 78.5 Å². The number of ether oxygens (including phenoxy) is 2. The maximum Gasteiger partial charge on any atom is 0.462 e. The fraction of sp³-hybridized carbons (Fsp3) is 0.938. The van der Waals surface area contributed by atoms with Crippen LogP contribution < -0.4 is 0 Å². The van der Waals surface area contributed by atoms with E-state index in [0.717, 1.165) is 0 Å². The van der Waals surface area contributed by atoms with Crippen LogP contribution in [0.15, 0.2) is 0 Å². The van der Waals surface area contributed by atoms with Crippen LogP contribution in [0.1, 0.15) is 40.5 Å². The standard InChI is InChI=1S/C16H17F13O4/c1-5-8(3,14(21,22)23)7(30)32-13(16(27,28)29)12(19,20)9(4,31)11(17,18)10(6-2,33-13)15(24,25)26/h31H,5-6H2,1-4H3. The molecule has 1 N–H and O–H groups in total. The third-order valence-corrected chi connectivity index (χ3v) is 5.81. The smallest absolute Gasteiger partial charge is 0.417 e. The Kier molecular flexibility index (Phi) is 6.70. The van der Waals surface area contributed by atoms with E-state index in [2.05, 4.69) is 9.47 Å². The normalized spacial score (nSPS) is 34.5. The number of hydrogen-bond donors (Lipinski definition) is 1. The second-order valence-corrected chi connectivity index (χ2v) is 7.69. The molecular weight excluding hydrogens is 503 g/mol. The number of carbonyl (C=O) groups excluding carboxylic acids is 1. The quantitative estimate of drug-likeness (QED) is 0.392. The lowest BCUT2D eigenvalue weighted by molar-refractivity contribution is -0.556. The summed E-state index contributed by atoms with van der Waals surface area (Å²) in [5.74, 6) is -22.5. The number of carbonyl (C=O) groups is 1. The van der Waals surface area contributed by atoms with E-state index in [1.54, 1.807) is 0 Å². The van der Waals surface area contributed by atoms with Crippen molar-refractivity contribution in [2.45, 2.75) is 87.9 Å². The number of esters is 1. The molecule has 1 fully saturated rings. The van der Waals surface area contributed by atoms with E-state index in [1.807, 2.05) is 0 Å². The van der Waals surface area contributed by atoms with Gasteiger partial charge in [0, 0.05) is 0 Å². The van der Waals surface area contributed by atoms with Crippen molar-refractivity contribution in [2.75, 3.05) is 0 Å². The van der Waals surface area contributed by atoms with Crippen LogP contribution in [0.4, 0.5) is 57.1 Å². The van der Waals surface area contributed by atoms with Crippen LogP contribution in [-0.2, 0) is 14.3 Å². The summed E-state index contributed by atoms with van der Waals surface area (Å²) in [5.41, 5.74) is -15.2. The Labute approximate surface area is 177 Å². The molecule has 0 bridgehead atoms. The lowest BCUT2D eigenvalue weighted by Crippen LogP contribution is -2.87. The Bertz CT molecular complexity index is 770. The van der Waals surface area contributed by atoms with Gasteiger partial charge in [-0.15, -0.1) is 0 Å². The van der Waals surface area contributed by atoms with Crippen LogP contribution in [0.3, 0.4) is 0 Å². The Balaban J connectivity index is 4.08. The minimum atomic E-state index is -7.06. The van der Waals surface area contributed by atoms with Crippen molar-refractivity contribution >= 4 is 5.97 Å². The van der Waals surface area contributed by atoms with Crippen molar-refractivity contribution < 1.29 is 76.5 Å². The van der Waals surface area contributed by atoms with Gasteiger partial charge in [-0.05, 0) is 26.7 Å². The van der Waals surface area contributed by atoms with Gasteiger partial charge in [0.15, 0.2) is 11.0 Å². The Morgan fingerprint density at radius 3 is 1.58 bits per heavy atom. The molecule has 4 nitrogen and oxygen atoms in total. The predicted molar refractivity (Wildman–Crippen MR) is 80.0 cm³/mol. The van der Waals surface area contributed by atoms with Crippen molar-refractivity contribution in [3.05, 3.63) is 0 Å². The monoisotopic (exact) mass is 520 g/mol. The average Bonchev–Trinajstić information content (AvgIpc) is 2.59. The maximum atomic E-state index is 14.8. The largest absolute Gasteiger partial charge is 0.462 e. The van der Waals surface area contributed by atoms with Gasteiger partial charge in [-0.25, -0.2) is 0 Å². The molecule has 1 saturated heterocycles. The number of hydrogen-bond acceptors (Lipinski definition) is 4. The number of aliphatic hydroxyl groups is 1. The summed E-state index contributed by atoms with van der Waals surface area (Å²) in [6, 6.07) is 0. The van der Waals surface area contributed by atoms with E-state index in [0.29, 0.717) is 6.92 Å². The highest BCUT2D eigenvalue weighted by Crippen LogP contribution is 2.67.